The lowest BCUT2D eigenvalue weighted by Gasteiger charge is -2.12. The second-order valence-electron chi connectivity index (χ2n) is 6.76. The van der Waals surface area contributed by atoms with Crippen molar-refractivity contribution in [3.63, 3.8) is 0 Å². The minimum absolute atomic E-state index is 0.152. The van der Waals surface area contributed by atoms with E-state index in [-0.39, 0.29) is 12.0 Å². The van der Waals surface area contributed by atoms with Gasteiger partial charge in [-0.1, -0.05) is 6.07 Å². The molecule has 2 aromatic heterocycles. The first-order valence-corrected chi connectivity index (χ1v) is 9.08. The Morgan fingerprint density at radius 3 is 3.07 bits per heavy atom. The number of carbonyl (C=O) groups is 1. The summed E-state index contributed by atoms with van der Waals surface area (Å²) in [7, 11) is 0. The van der Waals surface area contributed by atoms with Crippen LogP contribution in [-0.2, 0) is 4.74 Å². The van der Waals surface area contributed by atoms with Crippen molar-refractivity contribution in [1.29, 1.82) is 0 Å². The molecule has 0 radical (unpaired) electrons. The molecule has 4 rings (SSSR count). The van der Waals surface area contributed by atoms with Crippen LogP contribution in [0.25, 0.3) is 5.65 Å². The maximum atomic E-state index is 12.7. The summed E-state index contributed by atoms with van der Waals surface area (Å²) < 4.78 is 13.0. The molecular formula is C20H22N4O3. The van der Waals surface area contributed by atoms with E-state index in [9.17, 15) is 4.79 Å². The molecule has 1 aromatic carbocycles. The van der Waals surface area contributed by atoms with Gasteiger partial charge in [-0.2, -0.15) is 5.10 Å². The molecule has 3 heterocycles. The number of aromatic nitrogens is 3. The molecule has 0 spiro atoms. The van der Waals surface area contributed by atoms with Crippen LogP contribution < -0.4 is 10.1 Å². The molecule has 1 N–H and O–H groups in total. The smallest absolute Gasteiger partial charge is 0.261 e. The topological polar surface area (TPSA) is 77.8 Å². The number of hydrogen-bond donors (Lipinski definition) is 1. The van der Waals surface area contributed by atoms with Gasteiger partial charge < -0.3 is 14.8 Å². The molecule has 1 atom stereocenters. The molecule has 1 aliphatic rings. The van der Waals surface area contributed by atoms with Crippen LogP contribution in [0.5, 0.6) is 5.75 Å². The van der Waals surface area contributed by atoms with Gasteiger partial charge in [0, 0.05) is 29.7 Å². The summed E-state index contributed by atoms with van der Waals surface area (Å²) in [5.41, 5.74) is 3.43. The normalized spacial score (nSPS) is 16.6. The highest BCUT2D eigenvalue weighted by Crippen LogP contribution is 2.21. The lowest BCUT2D eigenvalue weighted by molar-refractivity contribution is 0.0680. The first-order valence-electron chi connectivity index (χ1n) is 9.08. The zero-order valence-electron chi connectivity index (χ0n) is 15.4. The SMILES string of the molecule is Cc1cc(C)n2ncc(C(=O)Nc3cccc(OCC4CCCO4)c3)c2n1. The summed E-state index contributed by atoms with van der Waals surface area (Å²) in [4.78, 5) is 17.2. The molecular weight excluding hydrogens is 344 g/mol. The number of ether oxygens (including phenoxy) is 2. The molecule has 1 saturated heterocycles. The first kappa shape index (κ1) is 17.5. The number of anilines is 1. The number of nitrogens with one attached hydrogen (secondary N) is 1. The Morgan fingerprint density at radius 2 is 2.26 bits per heavy atom. The lowest BCUT2D eigenvalue weighted by Crippen LogP contribution is -2.16. The Labute approximate surface area is 157 Å². The van der Waals surface area contributed by atoms with E-state index in [4.69, 9.17) is 9.47 Å². The Hall–Kier alpha value is -2.93. The maximum absolute atomic E-state index is 12.7. The third-order valence-corrected chi connectivity index (χ3v) is 4.57. The Bertz CT molecular complexity index is 977. The van der Waals surface area contributed by atoms with Crippen molar-refractivity contribution in [2.75, 3.05) is 18.5 Å². The third-order valence-electron chi connectivity index (χ3n) is 4.57. The van der Waals surface area contributed by atoms with E-state index in [1.807, 2.05) is 44.2 Å². The quantitative estimate of drug-likeness (QED) is 0.750. The van der Waals surface area contributed by atoms with Crippen LogP contribution in [-0.4, -0.2) is 39.8 Å². The van der Waals surface area contributed by atoms with E-state index >= 15 is 0 Å². The van der Waals surface area contributed by atoms with E-state index in [0.29, 0.717) is 29.3 Å². The van der Waals surface area contributed by atoms with Gasteiger partial charge in [0.15, 0.2) is 5.65 Å². The molecule has 27 heavy (non-hydrogen) atoms. The van der Waals surface area contributed by atoms with Crippen molar-refractivity contribution < 1.29 is 14.3 Å². The number of rotatable bonds is 5. The molecule has 3 aromatic rings. The number of nitrogens with zero attached hydrogens (tertiary/aromatic N) is 3. The highest BCUT2D eigenvalue weighted by Gasteiger charge is 2.17. The van der Waals surface area contributed by atoms with E-state index < -0.39 is 0 Å². The molecule has 7 nitrogen and oxygen atoms in total. The fraction of sp³-hybridized carbons (Fsp3) is 0.350. The zero-order valence-corrected chi connectivity index (χ0v) is 15.4. The van der Waals surface area contributed by atoms with Crippen LogP contribution in [0, 0.1) is 13.8 Å². The minimum atomic E-state index is -0.251. The molecule has 1 unspecified atom stereocenters. The van der Waals surface area contributed by atoms with Gasteiger partial charge >= 0.3 is 0 Å². The number of hydrogen-bond acceptors (Lipinski definition) is 5. The van der Waals surface area contributed by atoms with Crippen LogP contribution in [0.2, 0.25) is 0 Å². The fourth-order valence-corrected chi connectivity index (χ4v) is 3.26. The van der Waals surface area contributed by atoms with Crippen molar-refractivity contribution >= 4 is 17.2 Å². The third kappa shape index (κ3) is 3.78. The van der Waals surface area contributed by atoms with Gasteiger partial charge in [-0.25, -0.2) is 9.50 Å². The standard InChI is InChI=1S/C20H22N4O3/c1-13-9-14(2)24-19(22-13)18(11-21-24)20(25)23-15-5-3-6-16(10-15)27-12-17-7-4-8-26-17/h3,5-6,9-11,17H,4,7-8,12H2,1-2H3,(H,23,25). The molecule has 0 saturated carbocycles. The highest BCUT2D eigenvalue weighted by atomic mass is 16.5. The molecule has 140 valence electrons. The van der Waals surface area contributed by atoms with Crippen LogP contribution in [0.3, 0.4) is 0 Å². The van der Waals surface area contributed by atoms with Gasteiger partial charge in [0.2, 0.25) is 0 Å². The molecule has 1 amide bonds. The lowest BCUT2D eigenvalue weighted by atomic mass is 10.2. The Balaban J connectivity index is 1.49. The number of carbonyl (C=O) groups excluding carboxylic acids is 1. The van der Waals surface area contributed by atoms with Crippen molar-refractivity contribution in [3.8, 4) is 5.75 Å². The van der Waals surface area contributed by atoms with E-state index in [1.165, 1.54) is 0 Å². The maximum Gasteiger partial charge on any atom is 0.261 e. The molecule has 7 heteroatoms. The summed E-state index contributed by atoms with van der Waals surface area (Å²) in [6, 6.07) is 9.28. The number of fused-ring (bicyclic) bond motifs is 1. The predicted octanol–water partition coefficient (Wildman–Crippen LogP) is 3.16. The Morgan fingerprint density at radius 1 is 1.37 bits per heavy atom. The number of amides is 1. The molecule has 1 aliphatic heterocycles. The summed E-state index contributed by atoms with van der Waals surface area (Å²) in [6.07, 6.45) is 3.80. The second-order valence-corrected chi connectivity index (χ2v) is 6.76. The number of aryl methyl sites for hydroxylation is 2. The van der Waals surface area contributed by atoms with Crippen molar-refractivity contribution in [1.82, 2.24) is 14.6 Å². The van der Waals surface area contributed by atoms with Gasteiger partial charge in [0.25, 0.3) is 5.91 Å². The van der Waals surface area contributed by atoms with Crippen LogP contribution >= 0.6 is 0 Å². The van der Waals surface area contributed by atoms with Gasteiger partial charge in [-0.3, -0.25) is 4.79 Å². The molecule has 0 bridgehead atoms. The van der Waals surface area contributed by atoms with E-state index in [1.54, 1.807) is 10.7 Å². The second kappa shape index (κ2) is 7.36. The van der Waals surface area contributed by atoms with Gasteiger partial charge in [-0.15, -0.1) is 0 Å². The first-order chi connectivity index (χ1) is 13.1. The van der Waals surface area contributed by atoms with E-state index in [0.717, 1.165) is 30.8 Å². The molecule has 1 fully saturated rings. The van der Waals surface area contributed by atoms with Gasteiger partial charge in [0.1, 0.15) is 17.9 Å². The van der Waals surface area contributed by atoms with Crippen molar-refractivity contribution in [2.24, 2.45) is 0 Å². The fourth-order valence-electron chi connectivity index (χ4n) is 3.26. The molecule has 0 aliphatic carbocycles. The summed E-state index contributed by atoms with van der Waals surface area (Å²) >= 11 is 0. The van der Waals surface area contributed by atoms with E-state index in [2.05, 4.69) is 15.4 Å². The average molecular weight is 366 g/mol. The summed E-state index contributed by atoms with van der Waals surface area (Å²) in [5, 5.41) is 7.17. The van der Waals surface area contributed by atoms with Crippen LogP contribution in [0.15, 0.2) is 36.5 Å². The van der Waals surface area contributed by atoms with Crippen molar-refractivity contribution in [3.05, 3.63) is 53.5 Å². The van der Waals surface area contributed by atoms with Crippen molar-refractivity contribution in [2.45, 2.75) is 32.8 Å². The highest BCUT2D eigenvalue weighted by molar-refractivity contribution is 6.08. The monoisotopic (exact) mass is 366 g/mol. The Kier molecular flexibility index (Phi) is 4.77. The largest absolute Gasteiger partial charge is 0.491 e. The zero-order chi connectivity index (χ0) is 18.8. The predicted molar refractivity (Wildman–Crippen MR) is 101 cm³/mol. The summed E-state index contributed by atoms with van der Waals surface area (Å²) in [5.74, 6) is 0.451. The van der Waals surface area contributed by atoms with Crippen LogP contribution in [0.4, 0.5) is 5.69 Å². The van der Waals surface area contributed by atoms with Crippen LogP contribution in [0.1, 0.15) is 34.6 Å². The number of benzene rings is 1. The minimum Gasteiger partial charge on any atom is -0.491 e. The van der Waals surface area contributed by atoms with Gasteiger partial charge in [0.05, 0.1) is 12.3 Å². The summed E-state index contributed by atoms with van der Waals surface area (Å²) in [6.45, 7) is 5.16. The van der Waals surface area contributed by atoms with Gasteiger partial charge in [-0.05, 0) is 44.9 Å². The average Bonchev–Trinajstić information content (AvgIpc) is 3.30.